The fourth-order valence-electron chi connectivity index (χ4n) is 2.30. The molecule has 2 N–H and O–H groups in total. The third kappa shape index (κ3) is 3.72. The van der Waals surface area contributed by atoms with Crippen molar-refractivity contribution in [1.82, 2.24) is 15.2 Å². The minimum atomic E-state index is 0.774. The summed E-state index contributed by atoms with van der Waals surface area (Å²) in [5.74, 6) is 0. The average molecular weight is 280 g/mol. The third-order valence-electron chi connectivity index (χ3n) is 3.54. The van der Waals surface area contributed by atoms with E-state index in [0.29, 0.717) is 0 Å². The van der Waals surface area contributed by atoms with Crippen LogP contribution in [0.4, 0.5) is 0 Å². The van der Waals surface area contributed by atoms with Crippen molar-refractivity contribution in [3.63, 3.8) is 0 Å². The zero-order valence-corrected chi connectivity index (χ0v) is 12.4. The molecular formula is C15H22ClN3. The molecular weight excluding hydrogens is 258 g/mol. The molecule has 0 spiro atoms. The van der Waals surface area contributed by atoms with Gasteiger partial charge in [-0.2, -0.15) is 0 Å². The number of fused-ring (bicyclic) bond motifs is 1. The quantitative estimate of drug-likeness (QED) is 0.763. The predicted octanol–water partition coefficient (Wildman–Crippen LogP) is 3.25. The standard InChI is InChI=1S/C15H22ClN3/c1-3-19(4-2)8-7-17-10-12-11-18-15-9-13(16)5-6-14(12)15/h5-6,9,11,17-18H,3-4,7-8,10H2,1-2H3. The summed E-state index contributed by atoms with van der Waals surface area (Å²) in [6, 6.07) is 5.99. The molecule has 0 fully saturated rings. The van der Waals surface area contributed by atoms with Gasteiger partial charge in [-0.1, -0.05) is 31.5 Å². The van der Waals surface area contributed by atoms with Crippen molar-refractivity contribution in [3.05, 3.63) is 35.0 Å². The number of rotatable bonds is 7. The van der Waals surface area contributed by atoms with Gasteiger partial charge in [-0.05, 0) is 30.8 Å². The molecule has 0 amide bonds. The van der Waals surface area contributed by atoms with Gasteiger partial charge >= 0.3 is 0 Å². The topological polar surface area (TPSA) is 31.1 Å². The smallest absolute Gasteiger partial charge is 0.0472 e. The molecule has 0 radical (unpaired) electrons. The molecule has 104 valence electrons. The minimum Gasteiger partial charge on any atom is -0.361 e. The van der Waals surface area contributed by atoms with E-state index in [1.165, 1.54) is 10.9 Å². The number of likely N-dealkylation sites (N-methyl/N-ethyl adjacent to an activating group) is 1. The van der Waals surface area contributed by atoms with E-state index in [9.17, 15) is 0 Å². The molecule has 0 unspecified atom stereocenters. The maximum absolute atomic E-state index is 5.98. The molecule has 0 aliphatic carbocycles. The summed E-state index contributed by atoms with van der Waals surface area (Å²) < 4.78 is 0. The van der Waals surface area contributed by atoms with Crippen molar-refractivity contribution in [3.8, 4) is 0 Å². The Morgan fingerprint density at radius 3 is 2.79 bits per heavy atom. The van der Waals surface area contributed by atoms with E-state index >= 15 is 0 Å². The van der Waals surface area contributed by atoms with Crippen LogP contribution in [0, 0.1) is 0 Å². The van der Waals surface area contributed by atoms with Gasteiger partial charge in [0.15, 0.2) is 0 Å². The summed E-state index contributed by atoms with van der Waals surface area (Å²) in [5, 5.41) is 5.52. The highest BCUT2D eigenvalue weighted by molar-refractivity contribution is 6.31. The first-order chi connectivity index (χ1) is 9.24. The molecule has 0 aliphatic heterocycles. The lowest BCUT2D eigenvalue weighted by atomic mass is 10.2. The van der Waals surface area contributed by atoms with E-state index in [2.05, 4.69) is 41.3 Å². The highest BCUT2D eigenvalue weighted by atomic mass is 35.5. The number of aromatic nitrogens is 1. The van der Waals surface area contributed by atoms with E-state index in [1.807, 2.05) is 12.1 Å². The fraction of sp³-hybridized carbons (Fsp3) is 0.467. The molecule has 0 aliphatic rings. The molecule has 1 aromatic heterocycles. The largest absolute Gasteiger partial charge is 0.361 e. The molecule has 2 rings (SSSR count). The Labute approximate surface area is 119 Å². The highest BCUT2D eigenvalue weighted by Gasteiger charge is 2.04. The summed E-state index contributed by atoms with van der Waals surface area (Å²) in [4.78, 5) is 5.68. The average Bonchev–Trinajstić information content (AvgIpc) is 2.81. The van der Waals surface area contributed by atoms with Crippen LogP contribution in [0.2, 0.25) is 5.02 Å². The first kappa shape index (κ1) is 14.4. The summed E-state index contributed by atoms with van der Waals surface area (Å²) in [6.45, 7) is 9.64. The summed E-state index contributed by atoms with van der Waals surface area (Å²) in [5.41, 5.74) is 2.40. The summed E-state index contributed by atoms with van der Waals surface area (Å²) in [6.07, 6.45) is 2.06. The van der Waals surface area contributed by atoms with Gasteiger partial charge in [-0.3, -0.25) is 0 Å². The van der Waals surface area contributed by atoms with Crippen LogP contribution in [0.1, 0.15) is 19.4 Å². The van der Waals surface area contributed by atoms with E-state index in [4.69, 9.17) is 11.6 Å². The van der Waals surface area contributed by atoms with Crippen molar-refractivity contribution in [2.24, 2.45) is 0 Å². The molecule has 0 atom stereocenters. The highest BCUT2D eigenvalue weighted by Crippen LogP contribution is 2.21. The van der Waals surface area contributed by atoms with Crippen molar-refractivity contribution in [2.75, 3.05) is 26.2 Å². The van der Waals surface area contributed by atoms with E-state index in [1.54, 1.807) is 0 Å². The molecule has 0 saturated heterocycles. The van der Waals surface area contributed by atoms with Gasteiger partial charge in [-0.15, -0.1) is 0 Å². The monoisotopic (exact) mass is 279 g/mol. The number of hydrogen-bond donors (Lipinski definition) is 2. The summed E-state index contributed by atoms with van der Waals surface area (Å²) >= 11 is 5.98. The van der Waals surface area contributed by atoms with Gasteiger partial charge < -0.3 is 15.2 Å². The molecule has 2 aromatic rings. The van der Waals surface area contributed by atoms with Crippen LogP contribution in [0.15, 0.2) is 24.4 Å². The lowest BCUT2D eigenvalue weighted by molar-refractivity contribution is 0.302. The number of aromatic amines is 1. The van der Waals surface area contributed by atoms with Crippen LogP contribution in [0.25, 0.3) is 10.9 Å². The van der Waals surface area contributed by atoms with Crippen LogP contribution < -0.4 is 5.32 Å². The molecule has 4 heteroatoms. The zero-order valence-electron chi connectivity index (χ0n) is 11.7. The second-order valence-corrected chi connectivity index (χ2v) is 5.14. The number of nitrogens with one attached hydrogen (secondary N) is 2. The number of nitrogens with zero attached hydrogens (tertiary/aromatic N) is 1. The lowest BCUT2D eigenvalue weighted by Crippen LogP contribution is -2.31. The Balaban J connectivity index is 1.88. The van der Waals surface area contributed by atoms with Crippen molar-refractivity contribution in [1.29, 1.82) is 0 Å². The minimum absolute atomic E-state index is 0.774. The van der Waals surface area contributed by atoms with Gasteiger partial charge in [0.05, 0.1) is 0 Å². The maximum Gasteiger partial charge on any atom is 0.0472 e. The molecule has 1 heterocycles. The van der Waals surface area contributed by atoms with Gasteiger partial charge in [0.2, 0.25) is 0 Å². The van der Waals surface area contributed by atoms with Crippen LogP contribution >= 0.6 is 11.6 Å². The SMILES string of the molecule is CCN(CC)CCNCc1c[nH]c2cc(Cl)ccc12. The molecule has 0 saturated carbocycles. The predicted molar refractivity (Wildman–Crippen MR) is 82.8 cm³/mol. The van der Waals surface area contributed by atoms with Gasteiger partial charge in [0, 0.05) is 41.8 Å². The lowest BCUT2D eigenvalue weighted by Gasteiger charge is -2.17. The van der Waals surface area contributed by atoms with Crippen LogP contribution in [-0.4, -0.2) is 36.1 Å². The van der Waals surface area contributed by atoms with Crippen LogP contribution in [0.5, 0.6) is 0 Å². The van der Waals surface area contributed by atoms with E-state index < -0.39 is 0 Å². The Morgan fingerprint density at radius 1 is 1.26 bits per heavy atom. The first-order valence-electron chi connectivity index (χ1n) is 6.93. The Hall–Kier alpha value is -1.03. The number of benzene rings is 1. The number of hydrogen-bond acceptors (Lipinski definition) is 2. The second-order valence-electron chi connectivity index (χ2n) is 4.71. The van der Waals surface area contributed by atoms with Crippen molar-refractivity contribution in [2.45, 2.75) is 20.4 Å². The Kier molecular flexibility index (Phi) is 5.25. The Morgan fingerprint density at radius 2 is 2.05 bits per heavy atom. The third-order valence-corrected chi connectivity index (χ3v) is 3.78. The second kappa shape index (κ2) is 6.94. The molecule has 19 heavy (non-hydrogen) atoms. The Bertz CT molecular complexity index is 517. The van der Waals surface area contributed by atoms with Crippen LogP contribution in [0.3, 0.4) is 0 Å². The van der Waals surface area contributed by atoms with E-state index in [0.717, 1.165) is 43.3 Å². The van der Waals surface area contributed by atoms with Gasteiger partial charge in [-0.25, -0.2) is 0 Å². The number of halogens is 1. The number of H-pyrrole nitrogens is 1. The van der Waals surface area contributed by atoms with Gasteiger partial charge in [0.25, 0.3) is 0 Å². The normalized spacial score (nSPS) is 11.6. The molecule has 3 nitrogen and oxygen atoms in total. The van der Waals surface area contributed by atoms with Crippen molar-refractivity contribution >= 4 is 22.5 Å². The van der Waals surface area contributed by atoms with Gasteiger partial charge in [0.1, 0.15) is 0 Å². The zero-order chi connectivity index (χ0) is 13.7. The van der Waals surface area contributed by atoms with Crippen LogP contribution in [-0.2, 0) is 6.54 Å². The summed E-state index contributed by atoms with van der Waals surface area (Å²) in [7, 11) is 0. The molecule has 0 bridgehead atoms. The van der Waals surface area contributed by atoms with E-state index in [-0.39, 0.29) is 0 Å². The molecule has 1 aromatic carbocycles. The maximum atomic E-state index is 5.98. The van der Waals surface area contributed by atoms with Crippen molar-refractivity contribution < 1.29 is 0 Å². The first-order valence-corrected chi connectivity index (χ1v) is 7.31. The fourth-order valence-corrected chi connectivity index (χ4v) is 2.48.